The summed E-state index contributed by atoms with van der Waals surface area (Å²) in [7, 11) is 0. The molecule has 3 N–H and O–H groups in total. The van der Waals surface area contributed by atoms with Crippen molar-refractivity contribution >= 4 is 33.8 Å². The molecule has 0 saturated carbocycles. The maximum absolute atomic E-state index is 12.5. The first-order chi connectivity index (χ1) is 14.6. The summed E-state index contributed by atoms with van der Waals surface area (Å²) >= 11 is 4.78. The van der Waals surface area contributed by atoms with Crippen molar-refractivity contribution in [2.24, 2.45) is 22.9 Å². The van der Waals surface area contributed by atoms with E-state index in [1.54, 1.807) is 0 Å². The van der Waals surface area contributed by atoms with E-state index in [1.807, 2.05) is 27.0 Å². The van der Waals surface area contributed by atoms with Crippen LogP contribution >= 0.6 is 27.9 Å². The predicted molar refractivity (Wildman–Crippen MR) is 131 cm³/mol. The highest BCUT2D eigenvalue weighted by atomic mass is 79.9. The summed E-state index contributed by atoms with van der Waals surface area (Å²) in [5, 5.41) is 11.5. The number of rotatable bonds is 6. The number of halogens is 3. The first-order valence-electron chi connectivity index (χ1n) is 10.7. The van der Waals surface area contributed by atoms with Crippen LogP contribution in [0.25, 0.3) is 0 Å². The average Bonchev–Trinajstić information content (AvgIpc) is 3.00. The molecule has 182 valence electrons. The Morgan fingerprint density at radius 2 is 1.84 bits per heavy atom. The molecule has 0 amide bonds. The van der Waals surface area contributed by atoms with Crippen molar-refractivity contribution in [3.05, 3.63) is 33.8 Å². The van der Waals surface area contributed by atoms with E-state index in [-0.39, 0.29) is 11.9 Å². The minimum Gasteiger partial charge on any atom is -0.466 e. The predicted octanol–water partition coefficient (Wildman–Crippen LogP) is 6.79. The molecule has 1 aliphatic carbocycles. The van der Waals surface area contributed by atoms with E-state index in [0.29, 0.717) is 24.4 Å². The zero-order valence-electron chi connectivity index (χ0n) is 19.8. The molecule has 0 fully saturated rings. The smallest absolute Gasteiger partial charge is 0.342 e. The second-order valence-corrected chi connectivity index (χ2v) is 8.91. The van der Waals surface area contributed by atoms with Crippen LogP contribution in [0.3, 0.4) is 0 Å². The fraction of sp³-hybridized carbons (Fsp3) is 0.696. The molecule has 31 heavy (non-hydrogen) atoms. The fourth-order valence-corrected chi connectivity index (χ4v) is 4.26. The van der Waals surface area contributed by atoms with Crippen LogP contribution in [0, 0.1) is 17.8 Å². The molecule has 1 unspecified atom stereocenters. The van der Waals surface area contributed by atoms with Gasteiger partial charge in [0.1, 0.15) is 0 Å². The number of aliphatic hydroxyl groups excluding tert-OH is 1. The standard InChI is InChI=1S/C19H27BrO2.C2H6.CH2F2O.CH5NS/c1-5-22-19(21)18-15(9-13(4)8-12(2)3)10-14-6-7-16(20)11-17(14)18;1-2;2-1(3)4;1-3-2/h6-7,11-13,15,18H,5,8-10H2,1-4H3;1-2H3;1,4H;2H2,1H3/t13?,15-,18-;;;/m0.../s1. The van der Waals surface area contributed by atoms with Crippen LogP contribution in [0.15, 0.2) is 22.7 Å². The van der Waals surface area contributed by atoms with E-state index in [1.165, 1.54) is 23.9 Å². The van der Waals surface area contributed by atoms with Crippen molar-refractivity contribution in [1.82, 2.24) is 0 Å². The molecule has 1 aromatic carbocycles. The lowest BCUT2D eigenvalue weighted by Crippen LogP contribution is -2.22. The Hall–Kier alpha value is -0.700. The van der Waals surface area contributed by atoms with E-state index < -0.39 is 6.61 Å². The van der Waals surface area contributed by atoms with Gasteiger partial charge in [0.2, 0.25) is 0 Å². The lowest BCUT2D eigenvalue weighted by atomic mass is 9.83. The maximum Gasteiger partial charge on any atom is 0.342 e. The summed E-state index contributed by atoms with van der Waals surface area (Å²) < 4.78 is 26.2. The van der Waals surface area contributed by atoms with Crippen LogP contribution in [0.4, 0.5) is 8.78 Å². The van der Waals surface area contributed by atoms with Gasteiger partial charge in [0.15, 0.2) is 0 Å². The van der Waals surface area contributed by atoms with Gasteiger partial charge in [0.25, 0.3) is 0 Å². The fourth-order valence-electron chi connectivity index (χ4n) is 3.88. The molecule has 3 atom stereocenters. The zero-order chi connectivity index (χ0) is 24.6. The van der Waals surface area contributed by atoms with Crippen LogP contribution < -0.4 is 5.14 Å². The van der Waals surface area contributed by atoms with Gasteiger partial charge in [-0.25, -0.2) is 0 Å². The highest BCUT2D eigenvalue weighted by molar-refractivity contribution is 9.10. The second kappa shape index (κ2) is 18.8. The topological polar surface area (TPSA) is 72.5 Å². The molecular weight excluding hydrogens is 488 g/mol. The molecule has 0 spiro atoms. The molecular formula is C23H40BrF2NO3S. The van der Waals surface area contributed by atoms with Crippen molar-refractivity contribution < 1.29 is 23.4 Å². The number of benzene rings is 1. The molecule has 8 heteroatoms. The Morgan fingerprint density at radius 1 is 1.32 bits per heavy atom. The lowest BCUT2D eigenvalue weighted by Gasteiger charge is -2.23. The highest BCUT2D eigenvalue weighted by Gasteiger charge is 2.39. The molecule has 1 aromatic rings. The van der Waals surface area contributed by atoms with Crippen molar-refractivity contribution in [2.75, 3.05) is 12.9 Å². The van der Waals surface area contributed by atoms with Crippen LogP contribution in [0.1, 0.15) is 71.4 Å². The third kappa shape index (κ3) is 14.1. The Kier molecular flexibility index (Phi) is 19.7. The Bertz CT molecular complexity index is 603. The van der Waals surface area contributed by atoms with Gasteiger partial charge >= 0.3 is 12.6 Å². The molecule has 4 nitrogen and oxygen atoms in total. The van der Waals surface area contributed by atoms with Gasteiger partial charge in [-0.05, 0) is 73.5 Å². The van der Waals surface area contributed by atoms with Gasteiger partial charge in [-0.3, -0.25) is 9.93 Å². The molecule has 0 bridgehead atoms. The summed E-state index contributed by atoms with van der Waals surface area (Å²) in [6, 6.07) is 6.32. The third-order valence-electron chi connectivity index (χ3n) is 4.52. The lowest BCUT2D eigenvalue weighted by molar-refractivity contribution is -0.146. The number of nitrogens with two attached hydrogens (primary N) is 1. The minimum atomic E-state index is -3.17. The van der Waals surface area contributed by atoms with Gasteiger partial charge in [-0.15, -0.1) is 0 Å². The molecule has 0 aliphatic heterocycles. The summed E-state index contributed by atoms with van der Waals surface area (Å²) in [5.74, 6) is 1.56. The van der Waals surface area contributed by atoms with Crippen molar-refractivity contribution in [3.63, 3.8) is 0 Å². The Labute approximate surface area is 200 Å². The first kappa shape index (κ1) is 32.5. The molecule has 0 saturated heterocycles. The minimum absolute atomic E-state index is 0.0545. The molecule has 2 rings (SSSR count). The monoisotopic (exact) mass is 527 g/mol. The third-order valence-corrected chi connectivity index (χ3v) is 5.01. The van der Waals surface area contributed by atoms with E-state index in [9.17, 15) is 13.6 Å². The number of esters is 1. The highest BCUT2D eigenvalue weighted by Crippen LogP contribution is 2.43. The van der Waals surface area contributed by atoms with Crippen molar-refractivity contribution in [1.29, 1.82) is 0 Å². The summed E-state index contributed by atoms with van der Waals surface area (Å²) in [6.07, 6.45) is 5.12. The number of carbonyl (C=O) groups is 1. The van der Waals surface area contributed by atoms with Gasteiger partial charge in [0.05, 0.1) is 12.5 Å². The van der Waals surface area contributed by atoms with E-state index in [2.05, 4.69) is 54.9 Å². The normalized spacial score (nSPS) is 17.4. The molecule has 0 aromatic heterocycles. The van der Waals surface area contributed by atoms with Crippen molar-refractivity contribution in [2.45, 2.75) is 73.3 Å². The quantitative estimate of drug-likeness (QED) is 0.314. The van der Waals surface area contributed by atoms with E-state index >= 15 is 0 Å². The van der Waals surface area contributed by atoms with Crippen molar-refractivity contribution in [3.8, 4) is 0 Å². The summed E-state index contributed by atoms with van der Waals surface area (Å²) in [4.78, 5) is 12.5. The Balaban J connectivity index is 0. The van der Waals surface area contributed by atoms with E-state index in [0.717, 1.165) is 22.9 Å². The van der Waals surface area contributed by atoms with Crippen LogP contribution in [0.5, 0.6) is 0 Å². The Morgan fingerprint density at radius 3 is 2.29 bits per heavy atom. The number of hydrogen-bond acceptors (Lipinski definition) is 5. The number of aliphatic hydroxyl groups is 1. The summed E-state index contributed by atoms with van der Waals surface area (Å²) in [5.41, 5.74) is 2.47. The first-order valence-corrected chi connectivity index (χ1v) is 12.8. The van der Waals surface area contributed by atoms with Gasteiger partial charge in [0, 0.05) is 4.47 Å². The number of carbonyl (C=O) groups excluding carboxylic acids is 1. The van der Waals surface area contributed by atoms with Gasteiger partial charge in [-0.2, -0.15) is 8.78 Å². The van der Waals surface area contributed by atoms with Crippen LogP contribution in [-0.2, 0) is 16.0 Å². The van der Waals surface area contributed by atoms with Crippen LogP contribution in [-0.4, -0.2) is 30.5 Å². The summed E-state index contributed by atoms with van der Waals surface area (Å²) in [6.45, 7) is 10.00. The maximum atomic E-state index is 12.5. The number of alkyl halides is 2. The SMILES string of the molecule is CC.CCOC(=O)[C@@H]1c2cc(Br)ccc2C[C@@H]1CC(C)CC(C)C.CSN.OC(F)F. The largest absolute Gasteiger partial charge is 0.466 e. The number of fused-ring (bicyclic) bond motifs is 1. The van der Waals surface area contributed by atoms with Gasteiger partial charge in [-0.1, -0.05) is 68.6 Å². The van der Waals surface area contributed by atoms with Gasteiger partial charge < -0.3 is 9.84 Å². The zero-order valence-corrected chi connectivity index (χ0v) is 22.2. The molecule has 0 radical (unpaired) electrons. The number of hydrogen-bond donors (Lipinski definition) is 2. The van der Waals surface area contributed by atoms with E-state index in [4.69, 9.17) is 15.0 Å². The second-order valence-electron chi connectivity index (χ2n) is 7.52. The average molecular weight is 529 g/mol. The molecule has 0 heterocycles. The van der Waals surface area contributed by atoms with Crippen LogP contribution in [0.2, 0.25) is 0 Å². The number of ether oxygens (including phenoxy) is 1. The molecule has 1 aliphatic rings.